The number of phenolic OH excluding ortho intramolecular Hbond substituents is 6. The molecule has 75 heavy (non-hydrogen) atoms. The summed E-state index contributed by atoms with van der Waals surface area (Å²) in [5.74, 6) is -5.05. The molecule has 27 nitrogen and oxygen atoms in total. The van der Waals surface area contributed by atoms with Crippen LogP contribution in [0, 0.1) is 0 Å². The fraction of sp³-hybridized carbons (Fsp3) is 0.500. The van der Waals surface area contributed by atoms with Crippen molar-refractivity contribution < 1.29 is 134 Å². The van der Waals surface area contributed by atoms with Crippen LogP contribution in [0.2, 0.25) is 0 Å². The fourth-order valence-electron chi connectivity index (χ4n) is 8.10. The molecule has 0 amide bonds. The summed E-state index contributed by atoms with van der Waals surface area (Å²) in [6.07, 6.45) is -29.5. The maximum Gasteiger partial charge on any atom is 0.331 e. The molecule has 0 bridgehead atoms. The Morgan fingerprint density at radius 2 is 1.01 bits per heavy atom. The molecule has 0 aromatic heterocycles. The molecule has 0 unspecified atom stereocenters. The highest BCUT2D eigenvalue weighted by atomic mass is 16.8. The molecule has 4 aliphatic rings. The lowest BCUT2D eigenvalue weighted by molar-refractivity contribution is -0.389. The van der Waals surface area contributed by atoms with Gasteiger partial charge in [-0.2, -0.15) is 0 Å². The standard InChI is InChI=1S/C48H58O27/c49-23-6-1-20(13-26(23)52)4-9-33(57)67-18-31-37(61)38(62)41(65)47(71-31)74-43-42(73-34(58)10-5-21-2-7-24(50)27(53)14-21)32(19-70-45-39(63)35(59)29(55)16-68-45)72-48(66-12-11-22-3-8-25(51)28(54)15-22)44(43)75-46-40(64)36(60)30(56)17-69-46/h1-10,13-15,29-32,35-56,59-65H,11-12,16-19H2/b9-4+,10-5+/t29-,30+,31-,32-,35+,36+,37-,38+,39-,40-,41-,42-,43+,44-,45+,46+,47+,48-/m1/s1. The van der Waals surface area contributed by atoms with Gasteiger partial charge in [0.25, 0.3) is 0 Å². The number of benzene rings is 3. The molecule has 4 aliphatic heterocycles. The molecule has 4 saturated heterocycles. The Hall–Kier alpha value is -5.80. The summed E-state index contributed by atoms with van der Waals surface area (Å²) in [6.45, 7) is -3.07. The Morgan fingerprint density at radius 1 is 0.493 bits per heavy atom. The number of carbonyl (C=O) groups excluding carboxylic acids is 2. The average Bonchev–Trinajstić information content (AvgIpc) is 3.38. The first-order valence-corrected chi connectivity index (χ1v) is 23.2. The van der Waals surface area contributed by atoms with Crippen LogP contribution in [0.15, 0.2) is 66.7 Å². The van der Waals surface area contributed by atoms with Crippen molar-refractivity contribution in [3.63, 3.8) is 0 Å². The third-order valence-corrected chi connectivity index (χ3v) is 12.4. The van der Waals surface area contributed by atoms with E-state index in [1.807, 2.05) is 0 Å². The number of hydrogen-bond acceptors (Lipinski definition) is 27. The van der Waals surface area contributed by atoms with Gasteiger partial charge >= 0.3 is 11.9 Å². The predicted molar refractivity (Wildman–Crippen MR) is 244 cm³/mol. The van der Waals surface area contributed by atoms with Gasteiger partial charge in [0.1, 0.15) is 86.0 Å². The first-order chi connectivity index (χ1) is 35.7. The van der Waals surface area contributed by atoms with Gasteiger partial charge in [0.05, 0.1) is 26.4 Å². The van der Waals surface area contributed by atoms with Gasteiger partial charge in [-0.3, -0.25) is 0 Å². The zero-order chi connectivity index (χ0) is 54.2. The van der Waals surface area contributed by atoms with Crippen LogP contribution >= 0.6 is 0 Å². The van der Waals surface area contributed by atoms with Crippen LogP contribution in [-0.4, -0.2) is 232 Å². The lowest BCUT2D eigenvalue weighted by Crippen LogP contribution is -2.67. The van der Waals surface area contributed by atoms with Crippen LogP contribution in [0.4, 0.5) is 0 Å². The summed E-state index contributed by atoms with van der Waals surface area (Å²) in [7, 11) is 0. The summed E-state index contributed by atoms with van der Waals surface area (Å²) >= 11 is 0. The van der Waals surface area contributed by atoms with Crippen molar-refractivity contribution in [1.29, 1.82) is 0 Å². The van der Waals surface area contributed by atoms with Gasteiger partial charge in [-0.25, -0.2) is 9.59 Å². The fourth-order valence-corrected chi connectivity index (χ4v) is 8.10. The molecule has 0 radical (unpaired) electrons. The minimum Gasteiger partial charge on any atom is -0.504 e. The zero-order valence-corrected chi connectivity index (χ0v) is 39.2. The van der Waals surface area contributed by atoms with Crippen LogP contribution in [0.1, 0.15) is 16.7 Å². The molecule has 7 rings (SSSR count). The van der Waals surface area contributed by atoms with Gasteiger partial charge in [-0.05, 0) is 71.7 Å². The molecule has 4 fully saturated rings. The predicted octanol–water partition coefficient (Wildman–Crippen LogP) is -3.44. The van der Waals surface area contributed by atoms with Crippen LogP contribution in [0.25, 0.3) is 12.2 Å². The van der Waals surface area contributed by atoms with E-state index in [9.17, 15) is 86.2 Å². The molecule has 15 N–H and O–H groups in total. The topological polar surface area (TPSA) is 430 Å². The van der Waals surface area contributed by atoms with Gasteiger partial charge < -0.3 is 124 Å². The largest absolute Gasteiger partial charge is 0.504 e. The SMILES string of the molecule is O=C(/C=C/c1ccc(O)c(O)c1)OC[C@H]1O[C@@H](O[C@@H]2[C@@H](O[C@@H]3OC[C@H](O)[C@H](O)[C@H]3O)[C@H](OCCc3ccc(O)c(O)c3)O[C@H](CO[C@@H]3OC[C@@H](O)[C@H](O)[C@H]3O)[C@H]2OC(=O)/C=C/c2ccc(O)c(O)c2)[C@H](O)[C@@H](O)[C@@H]1O. The average molecular weight is 1070 g/mol. The van der Waals surface area contributed by atoms with Gasteiger partial charge in [0.15, 0.2) is 65.8 Å². The molecular formula is C48H58O27. The van der Waals surface area contributed by atoms with E-state index in [0.717, 1.165) is 36.4 Å². The molecule has 3 aromatic carbocycles. The molecule has 18 atom stereocenters. The highest BCUT2D eigenvalue weighted by Gasteiger charge is 2.56. The van der Waals surface area contributed by atoms with E-state index in [-0.39, 0.29) is 24.2 Å². The zero-order valence-electron chi connectivity index (χ0n) is 39.2. The van der Waals surface area contributed by atoms with Crippen molar-refractivity contribution >= 4 is 24.1 Å². The number of hydrogen-bond donors (Lipinski definition) is 15. The number of ether oxygens (including phenoxy) is 10. The Morgan fingerprint density at radius 3 is 1.61 bits per heavy atom. The van der Waals surface area contributed by atoms with Crippen molar-refractivity contribution in [2.45, 2.75) is 117 Å². The van der Waals surface area contributed by atoms with Crippen molar-refractivity contribution in [3.8, 4) is 34.5 Å². The molecular weight excluding hydrogens is 1010 g/mol. The maximum absolute atomic E-state index is 13.9. The number of rotatable bonds is 18. The van der Waals surface area contributed by atoms with Crippen molar-refractivity contribution in [2.24, 2.45) is 0 Å². The Labute approximate surface area is 424 Å². The second kappa shape index (κ2) is 25.4. The number of aliphatic hydroxyl groups excluding tert-OH is 9. The summed E-state index contributed by atoms with van der Waals surface area (Å²) in [5, 5.41) is 156. The van der Waals surface area contributed by atoms with Crippen molar-refractivity contribution in [1.82, 2.24) is 0 Å². The highest BCUT2D eigenvalue weighted by Crippen LogP contribution is 2.36. The Kier molecular flexibility index (Phi) is 19.2. The highest BCUT2D eigenvalue weighted by molar-refractivity contribution is 5.88. The van der Waals surface area contributed by atoms with Crippen LogP contribution in [0.5, 0.6) is 34.5 Å². The number of esters is 2. The monoisotopic (exact) mass is 1070 g/mol. The van der Waals surface area contributed by atoms with E-state index in [4.69, 9.17) is 47.4 Å². The summed E-state index contributed by atoms with van der Waals surface area (Å²) in [4.78, 5) is 26.7. The molecule has 0 saturated carbocycles. The number of phenols is 6. The van der Waals surface area contributed by atoms with Crippen LogP contribution in [0.3, 0.4) is 0 Å². The third-order valence-electron chi connectivity index (χ3n) is 12.4. The lowest BCUT2D eigenvalue weighted by atomic mass is 9.96. The van der Waals surface area contributed by atoms with E-state index in [1.54, 1.807) is 0 Å². The van der Waals surface area contributed by atoms with Crippen LogP contribution in [-0.2, 0) is 63.4 Å². The Balaban J connectivity index is 1.24. The summed E-state index contributed by atoms with van der Waals surface area (Å²) in [6, 6.07) is 11.1. The number of carbonyl (C=O) groups is 2. The molecule has 4 heterocycles. The minimum atomic E-state index is -2.20. The van der Waals surface area contributed by atoms with E-state index < -0.39 is 183 Å². The third kappa shape index (κ3) is 14.2. The first-order valence-electron chi connectivity index (χ1n) is 23.2. The van der Waals surface area contributed by atoms with E-state index in [2.05, 4.69) is 0 Å². The number of aromatic hydroxyl groups is 6. The molecule has 0 spiro atoms. The Bertz CT molecular complexity index is 2450. The minimum absolute atomic E-state index is 0.0273. The van der Waals surface area contributed by atoms with Gasteiger partial charge in [-0.1, -0.05) is 18.2 Å². The molecule has 0 aliphatic carbocycles. The quantitative estimate of drug-likeness (QED) is 0.0335. The molecule has 412 valence electrons. The number of aliphatic hydroxyl groups is 9. The van der Waals surface area contributed by atoms with E-state index in [0.29, 0.717) is 5.56 Å². The van der Waals surface area contributed by atoms with Gasteiger partial charge in [0, 0.05) is 12.2 Å². The summed E-state index contributed by atoms with van der Waals surface area (Å²) in [5.41, 5.74) is 0.850. The lowest BCUT2D eigenvalue weighted by Gasteiger charge is -2.49. The summed E-state index contributed by atoms with van der Waals surface area (Å²) < 4.78 is 59.0. The normalized spacial score (nSPS) is 34.4. The second-order valence-corrected chi connectivity index (χ2v) is 17.7. The van der Waals surface area contributed by atoms with E-state index in [1.165, 1.54) is 42.5 Å². The smallest absolute Gasteiger partial charge is 0.331 e. The van der Waals surface area contributed by atoms with Gasteiger partial charge in [-0.15, -0.1) is 0 Å². The second-order valence-electron chi connectivity index (χ2n) is 17.7. The maximum atomic E-state index is 13.9. The molecule has 3 aromatic rings. The van der Waals surface area contributed by atoms with Crippen molar-refractivity contribution in [3.05, 3.63) is 83.4 Å². The van der Waals surface area contributed by atoms with Crippen LogP contribution < -0.4 is 0 Å². The van der Waals surface area contributed by atoms with Crippen molar-refractivity contribution in [2.75, 3.05) is 33.0 Å². The molecule has 27 heteroatoms. The van der Waals surface area contributed by atoms with E-state index >= 15 is 0 Å². The first kappa shape index (κ1) is 56.9. The van der Waals surface area contributed by atoms with Gasteiger partial charge in [0.2, 0.25) is 0 Å².